The Hall–Kier alpha value is -1.82. The van der Waals surface area contributed by atoms with Crippen molar-refractivity contribution in [3.05, 3.63) is 48.3 Å². The van der Waals surface area contributed by atoms with Gasteiger partial charge in [-0.2, -0.15) is 0 Å². The second-order valence-electron chi connectivity index (χ2n) is 6.77. The molecule has 0 unspecified atom stereocenters. The summed E-state index contributed by atoms with van der Waals surface area (Å²) in [6, 6.07) is 6.06. The first kappa shape index (κ1) is 22.9. The summed E-state index contributed by atoms with van der Waals surface area (Å²) in [6.07, 6.45) is 2.28. The van der Waals surface area contributed by atoms with Crippen LogP contribution < -0.4 is 4.74 Å². The van der Waals surface area contributed by atoms with Crippen molar-refractivity contribution in [1.29, 1.82) is 0 Å². The van der Waals surface area contributed by atoms with Gasteiger partial charge < -0.3 is 19.4 Å². The van der Waals surface area contributed by atoms with Crippen LogP contribution in [0.15, 0.2) is 28.7 Å². The van der Waals surface area contributed by atoms with Crippen LogP contribution in [0, 0.1) is 7.14 Å². The number of hydrogen-bond acceptors (Lipinski definition) is 6. The highest BCUT2D eigenvalue weighted by Crippen LogP contribution is 2.38. The highest BCUT2D eigenvalue weighted by molar-refractivity contribution is 14.1. The summed E-state index contributed by atoms with van der Waals surface area (Å²) < 4.78 is 12.3. The molecule has 6 nitrogen and oxygen atoms in total. The topological polar surface area (TPSA) is 97.0 Å². The Balaban J connectivity index is 2.06. The Morgan fingerprint density at radius 3 is 2.33 bits per heavy atom. The fourth-order valence-corrected chi connectivity index (χ4v) is 4.85. The number of phenols is 2. The predicted molar refractivity (Wildman–Crippen MR) is 129 cm³/mol. The number of ketones is 1. The maximum absolute atomic E-state index is 13.3. The molecule has 0 aliphatic rings. The molecule has 0 spiro atoms. The van der Waals surface area contributed by atoms with E-state index in [0.29, 0.717) is 47.8 Å². The van der Waals surface area contributed by atoms with Crippen LogP contribution in [-0.2, 0) is 11.2 Å². The Labute approximate surface area is 200 Å². The van der Waals surface area contributed by atoms with Gasteiger partial charge in [-0.3, -0.25) is 9.59 Å². The number of halogens is 2. The minimum Gasteiger partial charge on any atom is -0.506 e. The third-order valence-corrected chi connectivity index (χ3v) is 6.27. The quantitative estimate of drug-likeness (QED) is 0.145. The molecule has 158 valence electrons. The van der Waals surface area contributed by atoms with Crippen molar-refractivity contribution in [3.8, 4) is 17.2 Å². The number of carbonyl (C=O) groups is 2. The van der Waals surface area contributed by atoms with Crippen LogP contribution in [0.2, 0.25) is 0 Å². The molecule has 2 aromatic carbocycles. The van der Waals surface area contributed by atoms with Crippen molar-refractivity contribution in [2.75, 3.05) is 0 Å². The smallest absolute Gasteiger partial charge is 0.311 e. The van der Waals surface area contributed by atoms with Gasteiger partial charge in [-0.05, 0) is 69.8 Å². The first-order valence-electron chi connectivity index (χ1n) is 9.48. The number of phenolic OH excluding ortho intramolecular Hbond substituents is 2. The number of unbranched alkanes of at least 4 members (excludes halogenated alkanes) is 1. The van der Waals surface area contributed by atoms with Crippen LogP contribution in [0.5, 0.6) is 17.2 Å². The number of benzene rings is 2. The molecule has 0 atom stereocenters. The molecule has 0 saturated heterocycles. The van der Waals surface area contributed by atoms with E-state index in [1.54, 1.807) is 12.1 Å². The molecule has 0 bridgehead atoms. The molecule has 3 aromatic rings. The van der Waals surface area contributed by atoms with Crippen molar-refractivity contribution in [1.82, 2.24) is 0 Å². The van der Waals surface area contributed by atoms with Gasteiger partial charge in [0, 0.05) is 29.9 Å². The molecule has 1 aromatic heterocycles. The van der Waals surface area contributed by atoms with Gasteiger partial charge in [-0.1, -0.05) is 20.3 Å². The van der Waals surface area contributed by atoms with E-state index in [1.165, 1.54) is 12.1 Å². The summed E-state index contributed by atoms with van der Waals surface area (Å²) in [6.45, 7) is 3.84. The van der Waals surface area contributed by atoms with Crippen LogP contribution in [0.1, 0.15) is 54.8 Å². The Kier molecular flexibility index (Phi) is 7.27. The number of aryl methyl sites for hydroxylation is 1. The third-order valence-electron chi connectivity index (χ3n) is 4.63. The highest BCUT2D eigenvalue weighted by Gasteiger charge is 2.24. The molecule has 0 amide bonds. The van der Waals surface area contributed by atoms with Crippen molar-refractivity contribution in [3.63, 3.8) is 0 Å². The Bertz CT molecular complexity index is 1110. The van der Waals surface area contributed by atoms with Gasteiger partial charge in [0.15, 0.2) is 17.3 Å². The van der Waals surface area contributed by atoms with Crippen molar-refractivity contribution >= 4 is 67.9 Å². The first-order chi connectivity index (χ1) is 14.3. The van der Waals surface area contributed by atoms with Gasteiger partial charge >= 0.3 is 5.97 Å². The standard InChI is InChI=1S/C22H20I2O6/c1-3-5-6-19(26)30-18-10-17-12(9-15(18)25)20(16(4-2)29-17)21(27)11-7-13(23)22(28)14(24)8-11/h7-10,25,28H,3-6H2,1-2H3. The van der Waals surface area contributed by atoms with Gasteiger partial charge in [0.1, 0.15) is 17.1 Å². The number of hydrogen-bond donors (Lipinski definition) is 2. The fourth-order valence-electron chi connectivity index (χ4n) is 3.08. The first-order valence-corrected chi connectivity index (χ1v) is 11.6. The number of aromatic hydroxyl groups is 2. The van der Waals surface area contributed by atoms with Gasteiger partial charge in [0.2, 0.25) is 0 Å². The van der Waals surface area contributed by atoms with E-state index >= 15 is 0 Å². The number of furan rings is 1. The molecule has 0 radical (unpaired) electrons. The average molecular weight is 634 g/mol. The number of ether oxygens (including phenoxy) is 1. The Morgan fingerprint density at radius 2 is 1.73 bits per heavy atom. The molecule has 30 heavy (non-hydrogen) atoms. The van der Waals surface area contributed by atoms with E-state index in [0.717, 1.165) is 6.42 Å². The largest absolute Gasteiger partial charge is 0.506 e. The van der Waals surface area contributed by atoms with Gasteiger partial charge in [0.25, 0.3) is 0 Å². The minimum atomic E-state index is -0.432. The molecule has 8 heteroatoms. The molecule has 0 aliphatic heterocycles. The van der Waals surface area contributed by atoms with Crippen LogP contribution in [0.4, 0.5) is 0 Å². The summed E-state index contributed by atoms with van der Waals surface area (Å²) >= 11 is 3.95. The summed E-state index contributed by atoms with van der Waals surface area (Å²) in [5, 5.41) is 20.8. The summed E-state index contributed by atoms with van der Waals surface area (Å²) in [7, 11) is 0. The molecule has 0 aliphatic carbocycles. The second kappa shape index (κ2) is 9.54. The van der Waals surface area contributed by atoms with E-state index in [2.05, 4.69) is 0 Å². The van der Waals surface area contributed by atoms with Crippen LogP contribution >= 0.6 is 45.2 Å². The van der Waals surface area contributed by atoms with Crippen LogP contribution in [-0.4, -0.2) is 22.0 Å². The summed E-state index contributed by atoms with van der Waals surface area (Å²) in [5.41, 5.74) is 1.12. The molecule has 3 rings (SSSR count). The van der Waals surface area contributed by atoms with Crippen molar-refractivity contribution in [2.24, 2.45) is 0 Å². The second-order valence-corrected chi connectivity index (χ2v) is 9.09. The minimum absolute atomic E-state index is 0.00716. The molecular weight excluding hydrogens is 614 g/mol. The molecule has 0 fully saturated rings. The number of carbonyl (C=O) groups excluding carboxylic acids is 2. The zero-order chi connectivity index (χ0) is 22.0. The number of fused-ring (bicyclic) bond motifs is 1. The predicted octanol–water partition coefficient (Wildman–Crippen LogP) is 5.94. The average Bonchev–Trinajstić information content (AvgIpc) is 3.06. The van der Waals surface area contributed by atoms with Crippen LogP contribution in [0.25, 0.3) is 11.0 Å². The van der Waals surface area contributed by atoms with E-state index in [4.69, 9.17) is 9.15 Å². The summed E-state index contributed by atoms with van der Waals surface area (Å²) in [4.78, 5) is 25.2. The van der Waals surface area contributed by atoms with Crippen LogP contribution in [0.3, 0.4) is 0 Å². The molecular formula is C22H20I2O6. The van der Waals surface area contributed by atoms with E-state index in [1.807, 2.05) is 59.0 Å². The van der Waals surface area contributed by atoms with E-state index in [-0.39, 0.29) is 29.5 Å². The highest BCUT2D eigenvalue weighted by atomic mass is 127. The normalized spacial score (nSPS) is 11.1. The fraction of sp³-hybridized carbons (Fsp3) is 0.273. The number of esters is 1. The van der Waals surface area contributed by atoms with Gasteiger partial charge in [0.05, 0.1) is 12.7 Å². The maximum atomic E-state index is 13.3. The molecule has 2 N–H and O–H groups in total. The number of rotatable bonds is 7. The monoisotopic (exact) mass is 634 g/mol. The Morgan fingerprint density at radius 1 is 1.07 bits per heavy atom. The summed E-state index contributed by atoms with van der Waals surface area (Å²) in [5.74, 6) is -0.325. The molecule has 1 heterocycles. The lowest BCUT2D eigenvalue weighted by Gasteiger charge is -2.07. The zero-order valence-corrected chi connectivity index (χ0v) is 20.7. The SMILES string of the molecule is CCCCC(=O)Oc1cc2oc(CC)c(C(=O)c3cc(I)c(O)c(I)c3)c2cc1O. The van der Waals surface area contributed by atoms with Crippen molar-refractivity contribution < 1.29 is 29.0 Å². The van der Waals surface area contributed by atoms with E-state index in [9.17, 15) is 19.8 Å². The maximum Gasteiger partial charge on any atom is 0.311 e. The lowest BCUT2D eigenvalue weighted by molar-refractivity contribution is -0.134. The lowest BCUT2D eigenvalue weighted by atomic mass is 9.99. The van der Waals surface area contributed by atoms with Crippen molar-refractivity contribution in [2.45, 2.75) is 39.5 Å². The molecule has 0 saturated carbocycles. The zero-order valence-electron chi connectivity index (χ0n) is 16.4. The van der Waals surface area contributed by atoms with E-state index < -0.39 is 5.97 Å². The lowest BCUT2D eigenvalue weighted by Crippen LogP contribution is -2.07. The van der Waals surface area contributed by atoms with Gasteiger partial charge in [-0.15, -0.1) is 0 Å². The van der Waals surface area contributed by atoms with Gasteiger partial charge in [-0.25, -0.2) is 0 Å². The third kappa shape index (κ3) is 4.58.